The van der Waals surface area contributed by atoms with Crippen molar-refractivity contribution in [3.63, 3.8) is 0 Å². The summed E-state index contributed by atoms with van der Waals surface area (Å²) >= 11 is 0. The van der Waals surface area contributed by atoms with Gasteiger partial charge in [0.1, 0.15) is 18.4 Å². The molecule has 4 rings (SSSR count). The van der Waals surface area contributed by atoms with E-state index >= 15 is 0 Å². The minimum atomic E-state index is -0.588. The Bertz CT molecular complexity index is 967. The number of piperidine rings is 1. The maximum atomic E-state index is 12.5. The summed E-state index contributed by atoms with van der Waals surface area (Å²) in [6.45, 7) is 8.78. The van der Waals surface area contributed by atoms with E-state index in [1.165, 1.54) is 33.1 Å². The van der Waals surface area contributed by atoms with E-state index in [1.54, 1.807) is 0 Å². The van der Waals surface area contributed by atoms with E-state index in [-0.39, 0.29) is 67.7 Å². The number of hydrogen-bond donors (Lipinski definition) is 5. The third-order valence-corrected chi connectivity index (χ3v) is 12.4. The lowest BCUT2D eigenvalue weighted by atomic mass is 9.62. The number of aliphatic hydroxyl groups excluding tert-OH is 3. The molecule has 7 unspecified atom stereocenters. The Labute approximate surface area is 283 Å². The standard InChI is InChI=1S/C37H66N2O8/c1-22(2)32-8-5-25-13-26(21-41)15-30(16-29(32)14-25)35(47-24(4)43)19-31(46-23(3)42)7-6-27-17-36(45-12-11-40)34(44)20-33(27)28-9-10-39-37(38)18-28/h22,25-37,39-41,44H,5-21,38H2,1-4H3/p+1/t25-,26+,27?,28?,29?,30-,31+,32-,33?,34?,35+,36?,37?/m0/s1. The molecule has 3 aliphatic carbocycles. The smallest absolute Gasteiger partial charge is 0.302 e. The van der Waals surface area contributed by atoms with Gasteiger partial charge in [-0.3, -0.25) is 15.3 Å². The first kappa shape index (κ1) is 38.5. The van der Waals surface area contributed by atoms with E-state index < -0.39 is 18.3 Å². The van der Waals surface area contributed by atoms with Crippen LogP contribution < -0.4 is 11.1 Å². The van der Waals surface area contributed by atoms with E-state index in [1.807, 2.05) is 0 Å². The average molecular weight is 668 g/mol. The summed E-state index contributed by atoms with van der Waals surface area (Å²) < 4.78 is 18.0. The minimum absolute atomic E-state index is 0.0643. The topological polar surface area (TPSA) is 165 Å². The van der Waals surface area contributed by atoms with E-state index in [0.29, 0.717) is 55.3 Å². The molecule has 0 aromatic heterocycles. The number of carbonyl (C=O) groups is 2. The zero-order valence-electron chi connectivity index (χ0n) is 29.6. The van der Waals surface area contributed by atoms with Crippen LogP contribution in [-0.4, -0.2) is 84.2 Å². The van der Waals surface area contributed by atoms with Crippen LogP contribution in [0, 0.1) is 53.3 Å². The summed E-state index contributed by atoms with van der Waals surface area (Å²) in [5.74, 6) is 3.00. The first-order chi connectivity index (χ1) is 22.5. The number of ether oxygens (including phenoxy) is 3. The quantitative estimate of drug-likeness (QED) is 0.175. The van der Waals surface area contributed by atoms with Gasteiger partial charge in [-0.05, 0) is 117 Å². The first-order valence-corrected chi connectivity index (χ1v) is 18.9. The van der Waals surface area contributed by atoms with Crippen molar-refractivity contribution in [1.82, 2.24) is 0 Å². The number of quaternary nitrogens is 1. The number of carbonyl (C=O) groups excluding carboxylic acids is 2. The summed E-state index contributed by atoms with van der Waals surface area (Å²) in [6, 6.07) is 0. The van der Waals surface area contributed by atoms with Crippen molar-refractivity contribution in [2.75, 3.05) is 26.4 Å². The number of esters is 2. The van der Waals surface area contributed by atoms with Crippen LogP contribution in [0.3, 0.4) is 0 Å². The largest absolute Gasteiger partial charge is 0.462 e. The minimum Gasteiger partial charge on any atom is -0.462 e. The molecule has 3 saturated carbocycles. The molecular weight excluding hydrogens is 600 g/mol. The van der Waals surface area contributed by atoms with Crippen LogP contribution in [0.25, 0.3) is 0 Å². The Morgan fingerprint density at radius 1 is 0.915 bits per heavy atom. The highest BCUT2D eigenvalue weighted by atomic mass is 16.6. The van der Waals surface area contributed by atoms with Crippen molar-refractivity contribution in [1.29, 1.82) is 0 Å². The molecule has 0 aromatic rings. The molecule has 47 heavy (non-hydrogen) atoms. The van der Waals surface area contributed by atoms with Gasteiger partial charge in [0.25, 0.3) is 0 Å². The van der Waals surface area contributed by atoms with Gasteiger partial charge in [-0.1, -0.05) is 20.3 Å². The Kier molecular flexibility index (Phi) is 15.3. The molecule has 1 heterocycles. The number of fused-ring (bicyclic) bond motifs is 2. The maximum absolute atomic E-state index is 12.5. The average Bonchev–Trinajstić information content (AvgIpc) is 3.00. The van der Waals surface area contributed by atoms with Gasteiger partial charge in [0, 0.05) is 33.3 Å². The van der Waals surface area contributed by atoms with Crippen molar-refractivity contribution < 1.29 is 44.4 Å². The van der Waals surface area contributed by atoms with Crippen LogP contribution in [0.15, 0.2) is 0 Å². The Morgan fingerprint density at radius 2 is 1.68 bits per heavy atom. The lowest BCUT2D eigenvalue weighted by Crippen LogP contribution is -2.94. The van der Waals surface area contributed by atoms with Gasteiger partial charge in [0.05, 0.1) is 32.0 Å². The molecule has 10 heteroatoms. The molecule has 1 saturated heterocycles. The highest BCUT2D eigenvalue weighted by molar-refractivity contribution is 5.66. The van der Waals surface area contributed by atoms with Gasteiger partial charge in [0.15, 0.2) is 0 Å². The molecule has 0 spiro atoms. The number of aliphatic hydroxyl groups is 3. The third kappa shape index (κ3) is 11.4. The normalized spacial score (nSPS) is 37.8. The predicted molar refractivity (Wildman–Crippen MR) is 179 cm³/mol. The second-order valence-corrected chi connectivity index (χ2v) is 16.1. The number of nitrogens with two attached hydrogens (primary N) is 2. The maximum Gasteiger partial charge on any atom is 0.302 e. The second-order valence-electron chi connectivity index (χ2n) is 16.1. The van der Waals surface area contributed by atoms with Gasteiger partial charge < -0.3 is 34.8 Å². The number of rotatable bonds is 14. The zero-order valence-corrected chi connectivity index (χ0v) is 29.6. The summed E-state index contributed by atoms with van der Waals surface area (Å²) in [4.78, 5) is 25.0. The molecule has 272 valence electrons. The Balaban J connectivity index is 1.53. The molecule has 0 radical (unpaired) electrons. The summed E-state index contributed by atoms with van der Waals surface area (Å²) in [5, 5.41) is 33.0. The predicted octanol–water partition coefficient (Wildman–Crippen LogP) is 3.14. The van der Waals surface area contributed by atoms with Gasteiger partial charge in [-0.15, -0.1) is 0 Å². The second kappa shape index (κ2) is 18.6. The highest BCUT2D eigenvalue weighted by Gasteiger charge is 2.44. The van der Waals surface area contributed by atoms with Crippen LogP contribution in [0.1, 0.15) is 111 Å². The summed E-state index contributed by atoms with van der Waals surface area (Å²) in [6.07, 6.45) is 9.89. The van der Waals surface area contributed by atoms with Crippen molar-refractivity contribution in [2.24, 2.45) is 59.0 Å². The van der Waals surface area contributed by atoms with Gasteiger partial charge in [-0.25, -0.2) is 0 Å². The monoisotopic (exact) mass is 667 g/mol. The van der Waals surface area contributed by atoms with Crippen LogP contribution in [0.2, 0.25) is 0 Å². The Hall–Kier alpha value is -1.30. The van der Waals surface area contributed by atoms with Crippen LogP contribution in [-0.2, 0) is 23.8 Å². The summed E-state index contributed by atoms with van der Waals surface area (Å²) in [7, 11) is 0. The highest BCUT2D eigenvalue weighted by Crippen LogP contribution is 2.48. The van der Waals surface area contributed by atoms with E-state index in [0.717, 1.165) is 45.1 Å². The molecule has 0 aromatic carbocycles. The summed E-state index contributed by atoms with van der Waals surface area (Å²) in [5.41, 5.74) is 6.36. The van der Waals surface area contributed by atoms with Gasteiger partial charge in [-0.2, -0.15) is 0 Å². The fourth-order valence-electron chi connectivity index (χ4n) is 10.4. The van der Waals surface area contributed by atoms with Crippen molar-refractivity contribution in [2.45, 2.75) is 142 Å². The fraction of sp³-hybridized carbons (Fsp3) is 0.946. The van der Waals surface area contributed by atoms with Gasteiger partial charge in [0.2, 0.25) is 0 Å². The van der Waals surface area contributed by atoms with Crippen LogP contribution in [0.5, 0.6) is 0 Å². The third-order valence-electron chi connectivity index (χ3n) is 12.4. The molecule has 1 aliphatic heterocycles. The lowest BCUT2D eigenvalue weighted by molar-refractivity contribution is -0.699. The molecule has 7 N–H and O–H groups in total. The number of hydrogen-bond acceptors (Lipinski definition) is 9. The lowest BCUT2D eigenvalue weighted by Gasteiger charge is -2.45. The van der Waals surface area contributed by atoms with E-state index in [4.69, 9.17) is 19.9 Å². The molecule has 10 nitrogen and oxygen atoms in total. The van der Waals surface area contributed by atoms with Gasteiger partial charge >= 0.3 is 11.9 Å². The van der Waals surface area contributed by atoms with Crippen molar-refractivity contribution in [3.05, 3.63) is 0 Å². The Morgan fingerprint density at radius 3 is 2.34 bits per heavy atom. The van der Waals surface area contributed by atoms with E-state index in [9.17, 15) is 24.9 Å². The van der Waals surface area contributed by atoms with E-state index in [2.05, 4.69) is 19.2 Å². The zero-order chi connectivity index (χ0) is 34.1. The molecular formula is C37H67N2O8+. The molecule has 0 amide bonds. The first-order valence-electron chi connectivity index (χ1n) is 18.9. The van der Waals surface area contributed by atoms with Crippen LogP contribution in [0.4, 0.5) is 0 Å². The molecule has 4 aliphatic rings. The van der Waals surface area contributed by atoms with Crippen molar-refractivity contribution >= 4 is 11.9 Å². The van der Waals surface area contributed by atoms with Crippen LogP contribution >= 0.6 is 0 Å². The molecule has 13 atom stereocenters. The molecule has 4 fully saturated rings. The fourth-order valence-corrected chi connectivity index (χ4v) is 10.4. The SMILES string of the molecule is CC(=O)O[C@H](CCC1CC(OCCO)C(O)CC1C1CC[NH2+]C(N)C1)C[C@@H](OC(C)=O)[C@@H]1CC2C[C@@H](CC[C@H]2C(C)C)C[C@@H](CO)C1. The van der Waals surface area contributed by atoms with Crippen molar-refractivity contribution in [3.8, 4) is 0 Å². The molecule has 2 bridgehead atoms.